The Labute approximate surface area is 176 Å². The zero-order chi connectivity index (χ0) is 19.8. The molecule has 0 bridgehead atoms. The maximum absolute atomic E-state index is 12.5. The molecule has 3 rings (SSSR count). The van der Waals surface area contributed by atoms with Gasteiger partial charge in [-0.25, -0.2) is 0 Å². The largest absolute Gasteiger partial charge is 0.352 e. The molecule has 1 amide bonds. The van der Waals surface area contributed by atoms with Crippen LogP contribution in [0.2, 0.25) is 5.02 Å². The van der Waals surface area contributed by atoms with E-state index in [0.717, 1.165) is 35.4 Å². The number of nitrogens with zero attached hydrogens (tertiary/aromatic N) is 2. The Morgan fingerprint density at radius 3 is 2.71 bits per heavy atom. The summed E-state index contributed by atoms with van der Waals surface area (Å²) in [5, 5.41) is 5.84. The second-order valence-electron chi connectivity index (χ2n) is 7.52. The average Bonchev–Trinajstić information content (AvgIpc) is 3.07. The summed E-state index contributed by atoms with van der Waals surface area (Å²) >= 11 is 7.59. The SMILES string of the molecule is CCCCn1c(CC(=O)NCc2ccc(Cl)cc2)csc1=NC1CCCCC1. The minimum atomic E-state index is 0.0437. The Morgan fingerprint density at radius 1 is 1.25 bits per heavy atom. The number of thiazole rings is 1. The summed E-state index contributed by atoms with van der Waals surface area (Å²) in [5.74, 6) is 0.0437. The summed E-state index contributed by atoms with van der Waals surface area (Å²) in [6, 6.07) is 8.03. The number of amides is 1. The second kappa shape index (κ2) is 10.8. The van der Waals surface area contributed by atoms with Crippen LogP contribution in [-0.4, -0.2) is 16.5 Å². The molecule has 2 aromatic rings. The normalized spacial score (nSPS) is 15.7. The van der Waals surface area contributed by atoms with E-state index >= 15 is 0 Å². The van der Waals surface area contributed by atoms with Crippen molar-refractivity contribution in [2.75, 3.05) is 0 Å². The van der Waals surface area contributed by atoms with E-state index in [-0.39, 0.29) is 5.91 Å². The summed E-state index contributed by atoms with van der Waals surface area (Å²) in [4.78, 5) is 18.6. The van der Waals surface area contributed by atoms with E-state index in [2.05, 4.69) is 22.2 Å². The van der Waals surface area contributed by atoms with E-state index in [1.165, 1.54) is 32.1 Å². The third kappa shape index (κ3) is 6.21. The van der Waals surface area contributed by atoms with Crippen molar-refractivity contribution in [1.29, 1.82) is 0 Å². The molecule has 0 unspecified atom stereocenters. The van der Waals surface area contributed by atoms with Crippen molar-refractivity contribution in [3.05, 3.63) is 50.7 Å². The molecule has 1 aliphatic carbocycles. The van der Waals surface area contributed by atoms with Crippen LogP contribution in [0.25, 0.3) is 0 Å². The minimum absolute atomic E-state index is 0.0437. The van der Waals surface area contributed by atoms with Crippen LogP contribution in [0.3, 0.4) is 0 Å². The first kappa shape index (κ1) is 21.1. The Kier molecular flexibility index (Phi) is 8.16. The Bertz CT molecular complexity index is 819. The Hall–Kier alpha value is -1.59. The first-order chi connectivity index (χ1) is 13.7. The predicted molar refractivity (Wildman–Crippen MR) is 117 cm³/mol. The van der Waals surface area contributed by atoms with Gasteiger partial charge in [0, 0.05) is 29.2 Å². The molecule has 0 spiro atoms. The van der Waals surface area contributed by atoms with Crippen molar-refractivity contribution in [3.63, 3.8) is 0 Å². The summed E-state index contributed by atoms with van der Waals surface area (Å²) in [7, 11) is 0. The maximum atomic E-state index is 12.5. The summed E-state index contributed by atoms with van der Waals surface area (Å²) < 4.78 is 2.27. The standard InChI is InChI=1S/C22H30ClN3OS/c1-2-3-13-26-20(16-28-22(26)25-19-7-5-4-6-8-19)14-21(27)24-15-17-9-11-18(23)12-10-17/h9-12,16,19H,2-8,13-15H2,1H3,(H,24,27). The van der Waals surface area contributed by atoms with Gasteiger partial charge >= 0.3 is 0 Å². The zero-order valence-electron chi connectivity index (χ0n) is 16.6. The van der Waals surface area contributed by atoms with E-state index in [9.17, 15) is 4.79 Å². The highest BCUT2D eigenvalue weighted by molar-refractivity contribution is 7.07. The molecular formula is C22H30ClN3OS. The zero-order valence-corrected chi connectivity index (χ0v) is 18.2. The van der Waals surface area contributed by atoms with Gasteiger partial charge in [-0.3, -0.25) is 9.79 Å². The van der Waals surface area contributed by atoms with E-state index in [4.69, 9.17) is 16.6 Å². The van der Waals surface area contributed by atoms with Crippen LogP contribution in [0.15, 0.2) is 34.6 Å². The quantitative estimate of drug-likeness (QED) is 0.635. The van der Waals surface area contributed by atoms with Gasteiger partial charge in [0.05, 0.1) is 12.5 Å². The molecule has 152 valence electrons. The van der Waals surface area contributed by atoms with Crippen LogP contribution >= 0.6 is 22.9 Å². The number of aromatic nitrogens is 1. The van der Waals surface area contributed by atoms with E-state index in [1.54, 1.807) is 11.3 Å². The molecule has 0 atom stereocenters. The van der Waals surface area contributed by atoms with Gasteiger partial charge in [0.25, 0.3) is 0 Å². The number of hydrogen-bond donors (Lipinski definition) is 1. The van der Waals surface area contributed by atoms with E-state index < -0.39 is 0 Å². The van der Waals surface area contributed by atoms with Gasteiger partial charge in [0.15, 0.2) is 4.80 Å². The van der Waals surface area contributed by atoms with Gasteiger partial charge in [-0.15, -0.1) is 11.3 Å². The third-order valence-electron chi connectivity index (χ3n) is 5.23. The minimum Gasteiger partial charge on any atom is -0.352 e. The molecule has 0 saturated heterocycles. The molecule has 0 aliphatic heterocycles. The monoisotopic (exact) mass is 419 g/mol. The van der Waals surface area contributed by atoms with Crippen LogP contribution in [0.1, 0.15) is 63.1 Å². The Morgan fingerprint density at radius 2 is 2.00 bits per heavy atom. The summed E-state index contributed by atoms with van der Waals surface area (Å²) in [5.41, 5.74) is 2.12. The van der Waals surface area contributed by atoms with Gasteiger partial charge in [-0.2, -0.15) is 0 Å². The van der Waals surface area contributed by atoms with Crippen LogP contribution in [-0.2, 0) is 24.3 Å². The molecule has 1 heterocycles. The summed E-state index contributed by atoms with van der Waals surface area (Å²) in [6.45, 7) is 3.66. The number of nitrogens with one attached hydrogen (secondary N) is 1. The van der Waals surface area contributed by atoms with Crippen molar-refractivity contribution in [2.24, 2.45) is 4.99 Å². The molecule has 6 heteroatoms. The van der Waals surface area contributed by atoms with Gasteiger partial charge in [-0.1, -0.05) is 56.3 Å². The molecule has 1 N–H and O–H groups in total. The average molecular weight is 420 g/mol. The molecule has 28 heavy (non-hydrogen) atoms. The molecule has 1 fully saturated rings. The van der Waals surface area contributed by atoms with E-state index in [1.807, 2.05) is 24.3 Å². The number of unbranched alkanes of at least 4 members (excludes halogenated alkanes) is 1. The highest BCUT2D eigenvalue weighted by atomic mass is 35.5. The van der Waals surface area contributed by atoms with Gasteiger partial charge in [0.1, 0.15) is 0 Å². The van der Waals surface area contributed by atoms with Crippen LogP contribution < -0.4 is 10.1 Å². The number of carbonyl (C=O) groups excluding carboxylic acids is 1. The first-order valence-corrected chi connectivity index (χ1v) is 11.6. The van der Waals surface area contributed by atoms with Crippen molar-refractivity contribution in [3.8, 4) is 0 Å². The van der Waals surface area contributed by atoms with Gasteiger partial charge < -0.3 is 9.88 Å². The van der Waals surface area contributed by atoms with E-state index in [0.29, 0.717) is 24.0 Å². The maximum Gasteiger partial charge on any atom is 0.226 e. The lowest BCUT2D eigenvalue weighted by Gasteiger charge is -2.17. The number of hydrogen-bond acceptors (Lipinski definition) is 3. The molecular weight excluding hydrogens is 390 g/mol. The fraction of sp³-hybridized carbons (Fsp3) is 0.545. The number of rotatable bonds is 8. The smallest absolute Gasteiger partial charge is 0.226 e. The molecule has 4 nitrogen and oxygen atoms in total. The molecule has 1 aromatic heterocycles. The highest BCUT2D eigenvalue weighted by Gasteiger charge is 2.14. The number of benzene rings is 1. The van der Waals surface area contributed by atoms with Gasteiger partial charge in [0.2, 0.25) is 5.91 Å². The van der Waals surface area contributed by atoms with Crippen molar-refractivity contribution >= 4 is 28.8 Å². The lowest BCUT2D eigenvalue weighted by atomic mass is 9.96. The highest BCUT2D eigenvalue weighted by Crippen LogP contribution is 2.20. The fourth-order valence-corrected chi connectivity index (χ4v) is 4.68. The van der Waals surface area contributed by atoms with Crippen molar-refractivity contribution < 1.29 is 4.79 Å². The molecule has 0 radical (unpaired) electrons. The topological polar surface area (TPSA) is 46.4 Å². The molecule has 1 aliphatic rings. The predicted octanol–water partition coefficient (Wildman–Crippen LogP) is 5.10. The van der Waals surface area contributed by atoms with Gasteiger partial charge in [-0.05, 0) is 37.0 Å². The second-order valence-corrected chi connectivity index (χ2v) is 8.79. The number of halogens is 1. The van der Waals surface area contributed by atoms with Crippen molar-refractivity contribution in [1.82, 2.24) is 9.88 Å². The first-order valence-electron chi connectivity index (χ1n) is 10.4. The van der Waals surface area contributed by atoms with Crippen LogP contribution in [0, 0.1) is 0 Å². The number of carbonyl (C=O) groups is 1. The summed E-state index contributed by atoms with van der Waals surface area (Å²) in [6.07, 6.45) is 8.94. The fourth-order valence-electron chi connectivity index (χ4n) is 3.56. The van der Waals surface area contributed by atoms with Crippen LogP contribution in [0.5, 0.6) is 0 Å². The lowest BCUT2D eigenvalue weighted by molar-refractivity contribution is -0.120. The molecule has 1 saturated carbocycles. The van der Waals surface area contributed by atoms with Crippen LogP contribution in [0.4, 0.5) is 0 Å². The Balaban J connectivity index is 1.66. The third-order valence-corrected chi connectivity index (χ3v) is 6.40. The lowest BCUT2D eigenvalue weighted by Crippen LogP contribution is -2.28. The van der Waals surface area contributed by atoms with Crippen molar-refractivity contribution in [2.45, 2.75) is 77.4 Å². The molecule has 1 aromatic carbocycles.